The van der Waals surface area contributed by atoms with Gasteiger partial charge < -0.3 is 19.1 Å². The van der Waals surface area contributed by atoms with E-state index in [0.717, 1.165) is 0 Å². The second kappa shape index (κ2) is 7.61. The summed E-state index contributed by atoms with van der Waals surface area (Å²) in [5, 5.41) is 0.222. The molecule has 1 heterocycles. The molecule has 0 saturated carbocycles. The number of rotatable bonds is 5. The molecule has 2 aromatic carbocycles. The van der Waals surface area contributed by atoms with Crippen LogP contribution >= 0.6 is 11.6 Å². The first-order chi connectivity index (χ1) is 12.5. The Morgan fingerprint density at radius 1 is 1.23 bits per heavy atom. The lowest BCUT2D eigenvalue weighted by Crippen LogP contribution is -2.34. The van der Waals surface area contributed by atoms with Crippen LogP contribution in [0.15, 0.2) is 36.4 Å². The number of esters is 1. The Hall–Kier alpha value is -2.80. The Balaban J connectivity index is 1.66. The van der Waals surface area contributed by atoms with Crippen LogP contribution in [0.5, 0.6) is 11.5 Å². The summed E-state index contributed by atoms with van der Waals surface area (Å²) < 4.78 is 28.5. The van der Waals surface area contributed by atoms with E-state index >= 15 is 0 Å². The molecule has 0 bridgehead atoms. The average Bonchev–Trinajstić information content (AvgIpc) is 3.11. The van der Waals surface area contributed by atoms with E-state index in [9.17, 15) is 14.0 Å². The van der Waals surface area contributed by atoms with Gasteiger partial charge in [-0.1, -0.05) is 11.6 Å². The van der Waals surface area contributed by atoms with E-state index in [1.54, 1.807) is 6.92 Å². The number of nitrogens with zero attached hydrogens (tertiary/aromatic N) is 1. The van der Waals surface area contributed by atoms with Crippen LogP contribution in [0.4, 0.5) is 10.1 Å². The number of carbonyl (C=O) groups is 2. The fourth-order valence-corrected chi connectivity index (χ4v) is 2.76. The highest BCUT2D eigenvalue weighted by atomic mass is 35.5. The van der Waals surface area contributed by atoms with Gasteiger partial charge in [-0.15, -0.1) is 0 Å². The second-order valence-electron chi connectivity index (χ2n) is 5.38. The highest BCUT2D eigenvalue weighted by molar-refractivity contribution is 6.32. The minimum atomic E-state index is -0.714. The summed E-state index contributed by atoms with van der Waals surface area (Å²) in [7, 11) is 0. The van der Waals surface area contributed by atoms with Crippen LogP contribution in [0.25, 0.3) is 0 Å². The van der Waals surface area contributed by atoms with Gasteiger partial charge in [0.05, 0.1) is 10.6 Å². The van der Waals surface area contributed by atoms with Crippen molar-refractivity contribution in [1.82, 2.24) is 0 Å². The number of amides is 1. The van der Waals surface area contributed by atoms with Gasteiger partial charge >= 0.3 is 5.97 Å². The monoisotopic (exact) mass is 379 g/mol. The molecule has 0 aliphatic carbocycles. The maximum absolute atomic E-state index is 13.0. The van der Waals surface area contributed by atoms with E-state index < -0.39 is 24.3 Å². The van der Waals surface area contributed by atoms with Gasteiger partial charge in [0.25, 0.3) is 5.91 Å². The summed E-state index contributed by atoms with van der Waals surface area (Å²) in [5.74, 6) is -0.832. The lowest BCUT2D eigenvalue weighted by Gasteiger charge is -2.20. The molecule has 8 heteroatoms. The highest BCUT2D eigenvalue weighted by Gasteiger charge is 2.22. The van der Waals surface area contributed by atoms with E-state index in [1.807, 2.05) is 0 Å². The predicted octanol–water partition coefficient (Wildman–Crippen LogP) is 3.42. The summed E-state index contributed by atoms with van der Waals surface area (Å²) in [6.45, 7) is 1.67. The zero-order valence-electron chi connectivity index (χ0n) is 13.8. The van der Waals surface area contributed by atoms with Crippen LogP contribution in [0, 0.1) is 5.82 Å². The molecular formula is C18H15ClFNO5. The quantitative estimate of drug-likeness (QED) is 0.745. The molecule has 1 amide bonds. The molecule has 2 aromatic rings. The van der Waals surface area contributed by atoms with Gasteiger partial charge in [-0.3, -0.25) is 4.79 Å². The van der Waals surface area contributed by atoms with Gasteiger partial charge in [0.1, 0.15) is 5.82 Å². The van der Waals surface area contributed by atoms with Gasteiger partial charge in [-0.25, -0.2) is 9.18 Å². The molecule has 0 unspecified atom stereocenters. The van der Waals surface area contributed by atoms with E-state index in [-0.39, 0.29) is 17.4 Å². The number of ether oxygens (including phenoxy) is 3. The summed E-state index contributed by atoms with van der Waals surface area (Å²) in [5.41, 5.74) is 0.665. The Bertz CT molecular complexity index is 840. The molecule has 0 N–H and O–H groups in total. The van der Waals surface area contributed by atoms with Crippen LogP contribution < -0.4 is 14.4 Å². The molecule has 1 aliphatic heterocycles. The van der Waals surface area contributed by atoms with Crippen LogP contribution in [0.2, 0.25) is 5.02 Å². The van der Waals surface area contributed by atoms with Crippen molar-refractivity contribution in [2.75, 3.05) is 24.8 Å². The fraction of sp³-hybridized carbons (Fsp3) is 0.222. The minimum Gasteiger partial charge on any atom is -0.454 e. The number of carbonyl (C=O) groups excluding carboxylic acids is 2. The molecule has 0 saturated heterocycles. The number of hydrogen-bond acceptors (Lipinski definition) is 5. The normalized spacial score (nSPS) is 12.0. The molecule has 0 spiro atoms. The first-order valence-corrected chi connectivity index (χ1v) is 8.19. The van der Waals surface area contributed by atoms with Crippen LogP contribution in [-0.2, 0) is 9.53 Å². The summed E-state index contributed by atoms with van der Waals surface area (Å²) in [6.07, 6.45) is 0. The molecular weight excluding hydrogens is 365 g/mol. The lowest BCUT2D eigenvalue weighted by molar-refractivity contribution is -0.121. The topological polar surface area (TPSA) is 65.1 Å². The molecule has 0 aromatic heterocycles. The van der Waals surface area contributed by atoms with Gasteiger partial charge in [0.2, 0.25) is 6.79 Å². The zero-order valence-corrected chi connectivity index (χ0v) is 14.6. The lowest BCUT2D eigenvalue weighted by atomic mass is 10.2. The number of hydrogen-bond donors (Lipinski definition) is 0. The summed E-state index contributed by atoms with van der Waals surface area (Å²) in [4.78, 5) is 25.9. The van der Waals surface area contributed by atoms with Crippen LogP contribution in [0.3, 0.4) is 0 Å². The maximum atomic E-state index is 13.0. The van der Waals surface area contributed by atoms with Crippen molar-refractivity contribution >= 4 is 29.2 Å². The zero-order chi connectivity index (χ0) is 18.7. The second-order valence-corrected chi connectivity index (χ2v) is 5.79. The van der Waals surface area contributed by atoms with E-state index in [1.165, 1.54) is 41.3 Å². The number of halogens is 2. The predicted molar refractivity (Wildman–Crippen MR) is 92.3 cm³/mol. The largest absolute Gasteiger partial charge is 0.454 e. The number of fused-ring (bicyclic) bond motifs is 1. The molecule has 3 rings (SSSR count). The summed E-state index contributed by atoms with van der Waals surface area (Å²) in [6, 6.07) is 8.31. The average molecular weight is 380 g/mol. The molecule has 0 atom stereocenters. The molecule has 136 valence electrons. The van der Waals surface area contributed by atoms with Crippen molar-refractivity contribution in [3.8, 4) is 11.5 Å². The Labute approximate surface area is 154 Å². The standard InChI is InChI=1S/C18H15ClFNO5/c1-2-21(13-5-3-12(20)4-6-13)16(22)9-24-18(23)11-7-14(19)17-15(8-11)25-10-26-17/h3-8H,2,9-10H2,1H3. The Morgan fingerprint density at radius 3 is 2.65 bits per heavy atom. The third kappa shape index (κ3) is 3.72. The Morgan fingerprint density at radius 2 is 1.96 bits per heavy atom. The minimum absolute atomic E-state index is 0.0230. The fourth-order valence-electron chi connectivity index (χ4n) is 2.50. The molecule has 1 aliphatic rings. The van der Waals surface area contributed by atoms with Crippen LogP contribution in [-0.4, -0.2) is 31.8 Å². The molecule has 0 radical (unpaired) electrons. The molecule has 26 heavy (non-hydrogen) atoms. The van der Waals surface area contributed by atoms with Gasteiger partial charge in [-0.2, -0.15) is 0 Å². The number of benzene rings is 2. The smallest absolute Gasteiger partial charge is 0.338 e. The highest BCUT2D eigenvalue weighted by Crippen LogP contribution is 2.39. The maximum Gasteiger partial charge on any atom is 0.338 e. The first-order valence-electron chi connectivity index (χ1n) is 7.81. The van der Waals surface area contributed by atoms with Crippen molar-refractivity contribution in [3.05, 3.63) is 52.8 Å². The third-order valence-electron chi connectivity index (χ3n) is 3.75. The van der Waals surface area contributed by atoms with E-state index in [0.29, 0.717) is 23.7 Å². The first kappa shape index (κ1) is 18.0. The number of likely N-dealkylation sites (N-methyl/N-ethyl adjacent to an activating group) is 1. The Kier molecular flexibility index (Phi) is 5.27. The van der Waals surface area contributed by atoms with Crippen molar-refractivity contribution in [2.24, 2.45) is 0 Å². The van der Waals surface area contributed by atoms with Gasteiger partial charge in [-0.05, 0) is 43.3 Å². The van der Waals surface area contributed by atoms with Crippen molar-refractivity contribution in [3.63, 3.8) is 0 Å². The van der Waals surface area contributed by atoms with Crippen molar-refractivity contribution in [1.29, 1.82) is 0 Å². The van der Waals surface area contributed by atoms with Gasteiger partial charge in [0, 0.05) is 12.2 Å². The summed E-state index contributed by atoms with van der Waals surface area (Å²) >= 11 is 6.03. The SMILES string of the molecule is CCN(C(=O)COC(=O)c1cc(Cl)c2c(c1)OCO2)c1ccc(F)cc1. The molecule has 6 nitrogen and oxygen atoms in total. The molecule has 0 fully saturated rings. The van der Waals surface area contributed by atoms with E-state index in [4.69, 9.17) is 25.8 Å². The van der Waals surface area contributed by atoms with Crippen molar-refractivity contribution < 1.29 is 28.2 Å². The van der Waals surface area contributed by atoms with Crippen molar-refractivity contribution in [2.45, 2.75) is 6.92 Å². The van der Waals surface area contributed by atoms with E-state index in [2.05, 4.69) is 0 Å². The third-order valence-corrected chi connectivity index (χ3v) is 4.03. The number of anilines is 1. The van der Waals surface area contributed by atoms with Crippen LogP contribution in [0.1, 0.15) is 17.3 Å². The van der Waals surface area contributed by atoms with Gasteiger partial charge in [0.15, 0.2) is 18.1 Å².